The van der Waals surface area contributed by atoms with Gasteiger partial charge in [-0.3, -0.25) is 9.59 Å². The lowest BCUT2D eigenvalue weighted by atomic mass is 9.85. The molecule has 7 heteroatoms. The number of rotatable bonds is 2. The third-order valence-electron chi connectivity index (χ3n) is 2.90. The fraction of sp³-hybridized carbons (Fsp3) is 0.700. The standard InChI is InChI=1S/C10H16N2O5/c1-11(2)10(17)12-4-3-6(8(13)14)7(5-12)9(15)16/h6-7H,3-5H2,1-2H3,(H,13,14)(H,15,16). The van der Waals surface area contributed by atoms with E-state index in [0.29, 0.717) is 0 Å². The first-order valence-electron chi connectivity index (χ1n) is 5.26. The van der Waals surface area contributed by atoms with Crippen molar-refractivity contribution in [2.75, 3.05) is 27.2 Å². The molecule has 1 fully saturated rings. The Morgan fingerprint density at radius 2 is 1.65 bits per heavy atom. The van der Waals surface area contributed by atoms with Crippen LogP contribution >= 0.6 is 0 Å². The van der Waals surface area contributed by atoms with Crippen molar-refractivity contribution < 1.29 is 24.6 Å². The predicted molar refractivity (Wildman–Crippen MR) is 57.5 cm³/mol. The van der Waals surface area contributed by atoms with E-state index >= 15 is 0 Å². The maximum absolute atomic E-state index is 11.7. The minimum atomic E-state index is -1.17. The Hall–Kier alpha value is -1.79. The van der Waals surface area contributed by atoms with Crippen LogP contribution in [0, 0.1) is 11.8 Å². The summed E-state index contributed by atoms with van der Waals surface area (Å²) in [4.78, 5) is 36.3. The SMILES string of the molecule is CN(C)C(=O)N1CCC(C(=O)O)C(C(=O)O)C1. The summed E-state index contributed by atoms with van der Waals surface area (Å²) in [7, 11) is 3.14. The molecule has 0 radical (unpaired) electrons. The molecule has 0 saturated carbocycles. The number of urea groups is 1. The number of nitrogens with zero attached hydrogens (tertiary/aromatic N) is 2. The highest BCUT2D eigenvalue weighted by Gasteiger charge is 2.40. The Morgan fingerprint density at radius 3 is 2.06 bits per heavy atom. The molecule has 7 nitrogen and oxygen atoms in total. The minimum absolute atomic E-state index is 0.0523. The van der Waals surface area contributed by atoms with Crippen LogP contribution in [-0.2, 0) is 9.59 Å². The molecule has 1 heterocycles. The smallest absolute Gasteiger partial charge is 0.319 e. The van der Waals surface area contributed by atoms with Gasteiger partial charge in [-0.15, -0.1) is 0 Å². The summed E-state index contributed by atoms with van der Waals surface area (Å²) in [5, 5.41) is 17.9. The number of carboxylic acid groups (broad SMARTS) is 2. The Balaban J connectivity index is 2.79. The average Bonchev–Trinajstić information content (AvgIpc) is 2.26. The molecule has 2 N–H and O–H groups in total. The first-order chi connectivity index (χ1) is 7.84. The van der Waals surface area contributed by atoms with Crippen LogP contribution in [0.2, 0.25) is 0 Å². The van der Waals surface area contributed by atoms with Crippen molar-refractivity contribution in [2.24, 2.45) is 11.8 Å². The minimum Gasteiger partial charge on any atom is -0.481 e. The molecule has 0 aromatic heterocycles. The van der Waals surface area contributed by atoms with Crippen molar-refractivity contribution in [3.63, 3.8) is 0 Å². The summed E-state index contributed by atoms with van der Waals surface area (Å²) < 4.78 is 0. The van der Waals surface area contributed by atoms with Gasteiger partial charge in [0, 0.05) is 27.2 Å². The number of aliphatic carboxylic acids is 2. The summed E-state index contributed by atoms with van der Waals surface area (Å²) in [6, 6.07) is -0.292. The van der Waals surface area contributed by atoms with Crippen LogP contribution in [0.15, 0.2) is 0 Å². The van der Waals surface area contributed by atoms with Crippen molar-refractivity contribution >= 4 is 18.0 Å². The lowest BCUT2D eigenvalue weighted by Crippen LogP contribution is -2.51. The molecule has 96 valence electrons. The van der Waals surface area contributed by atoms with E-state index < -0.39 is 23.8 Å². The first kappa shape index (κ1) is 13.3. The number of piperidine rings is 1. The molecular formula is C10H16N2O5. The summed E-state index contributed by atoms with van der Waals surface area (Å²) in [6.07, 6.45) is 0.173. The largest absolute Gasteiger partial charge is 0.481 e. The fourth-order valence-corrected chi connectivity index (χ4v) is 1.95. The van der Waals surface area contributed by atoms with E-state index in [2.05, 4.69) is 0 Å². The highest BCUT2D eigenvalue weighted by molar-refractivity contribution is 5.82. The summed E-state index contributed by atoms with van der Waals surface area (Å²) in [5.41, 5.74) is 0. The molecule has 1 saturated heterocycles. The van der Waals surface area contributed by atoms with E-state index in [1.54, 1.807) is 14.1 Å². The molecule has 17 heavy (non-hydrogen) atoms. The molecule has 1 aliphatic heterocycles. The Morgan fingerprint density at radius 1 is 1.12 bits per heavy atom. The van der Waals surface area contributed by atoms with Crippen LogP contribution in [0.3, 0.4) is 0 Å². The highest BCUT2D eigenvalue weighted by Crippen LogP contribution is 2.24. The number of hydrogen-bond donors (Lipinski definition) is 2. The van der Waals surface area contributed by atoms with Crippen LogP contribution in [0.25, 0.3) is 0 Å². The number of carbonyl (C=O) groups excluding carboxylic acids is 1. The van der Waals surface area contributed by atoms with E-state index in [1.165, 1.54) is 9.80 Å². The van der Waals surface area contributed by atoms with E-state index in [9.17, 15) is 14.4 Å². The molecule has 2 unspecified atom stereocenters. The van der Waals surface area contributed by atoms with Crippen LogP contribution in [-0.4, -0.2) is 65.2 Å². The number of carboxylic acids is 2. The van der Waals surface area contributed by atoms with Gasteiger partial charge in [-0.05, 0) is 6.42 Å². The third-order valence-corrected chi connectivity index (χ3v) is 2.90. The molecule has 1 aliphatic rings. The van der Waals surface area contributed by atoms with Gasteiger partial charge in [0.05, 0.1) is 11.8 Å². The van der Waals surface area contributed by atoms with Crippen LogP contribution in [0.4, 0.5) is 4.79 Å². The van der Waals surface area contributed by atoms with Crippen LogP contribution in [0.5, 0.6) is 0 Å². The molecule has 0 bridgehead atoms. The van der Waals surface area contributed by atoms with Gasteiger partial charge in [0.25, 0.3) is 0 Å². The molecule has 0 spiro atoms. The van der Waals surface area contributed by atoms with Gasteiger partial charge in [0.15, 0.2) is 0 Å². The zero-order valence-corrected chi connectivity index (χ0v) is 9.79. The maximum Gasteiger partial charge on any atom is 0.319 e. The van der Waals surface area contributed by atoms with Gasteiger partial charge in [0.1, 0.15) is 0 Å². The van der Waals surface area contributed by atoms with Crippen LogP contribution < -0.4 is 0 Å². The molecule has 2 atom stereocenters. The summed E-state index contributed by atoms with van der Waals surface area (Å²) in [5.74, 6) is -4.24. The quantitative estimate of drug-likeness (QED) is 0.699. The third kappa shape index (κ3) is 2.86. The predicted octanol–water partition coefficient (Wildman–Crippen LogP) is -0.225. The van der Waals surface area contributed by atoms with Gasteiger partial charge in [-0.1, -0.05) is 0 Å². The summed E-state index contributed by atoms with van der Waals surface area (Å²) >= 11 is 0. The Labute approximate surface area is 98.6 Å². The van der Waals surface area contributed by atoms with Crippen molar-refractivity contribution in [1.29, 1.82) is 0 Å². The normalized spacial score (nSPS) is 24.2. The van der Waals surface area contributed by atoms with Gasteiger partial charge in [0.2, 0.25) is 0 Å². The lowest BCUT2D eigenvalue weighted by molar-refractivity contribution is -0.156. The fourth-order valence-electron chi connectivity index (χ4n) is 1.95. The molecule has 0 aromatic rings. The van der Waals surface area contributed by atoms with E-state index in [0.717, 1.165) is 0 Å². The molecule has 0 aromatic carbocycles. The zero-order chi connectivity index (χ0) is 13.2. The second-order valence-corrected chi connectivity index (χ2v) is 4.30. The molecule has 2 amide bonds. The zero-order valence-electron chi connectivity index (χ0n) is 9.79. The number of hydrogen-bond acceptors (Lipinski definition) is 3. The lowest BCUT2D eigenvalue weighted by Gasteiger charge is -2.35. The van der Waals surface area contributed by atoms with Gasteiger partial charge >= 0.3 is 18.0 Å². The van der Waals surface area contributed by atoms with Gasteiger partial charge in [-0.25, -0.2) is 4.79 Å². The Kier molecular flexibility index (Phi) is 3.93. The van der Waals surface area contributed by atoms with Gasteiger partial charge in [-0.2, -0.15) is 0 Å². The number of carbonyl (C=O) groups is 3. The topological polar surface area (TPSA) is 98.2 Å². The van der Waals surface area contributed by atoms with Crippen molar-refractivity contribution in [3.8, 4) is 0 Å². The number of amides is 2. The van der Waals surface area contributed by atoms with Crippen LogP contribution in [0.1, 0.15) is 6.42 Å². The Bertz CT molecular complexity index is 342. The van der Waals surface area contributed by atoms with E-state index in [-0.39, 0.29) is 25.5 Å². The number of likely N-dealkylation sites (tertiary alicyclic amines) is 1. The summed E-state index contributed by atoms with van der Waals surface area (Å²) in [6.45, 7) is 0.223. The maximum atomic E-state index is 11.7. The second-order valence-electron chi connectivity index (χ2n) is 4.30. The molecule has 1 rings (SSSR count). The van der Waals surface area contributed by atoms with E-state index in [4.69, 9.17) is 10.2 Å². The first-order valence-corrected chi connectivity index (χ1v) is 5.26. The molecule has 0 aliphatic carbocycles. The van der Waals surface area contributed by atoms with Crippen molar-refractivity contribution in [2.45, 2.75) is 6.42 Å². The second kappa shape index (κ2) is 5.03. The highest BCUT2D eigenvalue weighted by atomic mass is 16.4. The average molecular weight is 244 g/mol. The van der Waals surface area contributed by atoms with Gasteiger partial charge < -0.3 is 20.0 Å². The monoisotopic (exact) mass is 244 g/mol. The van der Waals surface area contributed by atoms with Crippen molar-refractivity contribution in [1.82, 2.24) is 9.80 Å². The van der Waals surface area contributed by atoms with E-state index in [1.807, 2.05) is 0 Å². The van der Waals surface area contributed by atoms with Crippen molar-refractivity contribution in [3.05, 3.63) is 0 Å². The molecular weight excluding hydrogens is 228 g/mol.